The Balaban J connectivity index is 2.32. The SMILES string of the molecule is O=c1sccn1Cc1ccc([N+](=O)[O-])cc1Cl. The molecule has 17 heavy (non-hydrogen) atoms. The summed E-state index contributed by atoms with van der Waals surface area (Å²) in [5.41, 5.74) is 0.620. The van der Waals surface area contributed by atoms with E-state index in [-0.39, 0.29) is 15.6 Å². The van der Waals surface area contributed by atoms with Gasteiger partial charge in [-0.15, -0.1) is 0 Å². The average molecular weight is 271 g/mol. The van der Waals surface area contributed by atoms with E-state index in [2.05, 4.69) is 0 Å². The van der Waals surface area contributed by atoms with Gasteiger partial charge >= 0.3 is 4.87 Å². The lowest BCUT2D eigenvalue weighted by Gasteiger charge is -2.04. The van der Waals surface area contributed by atoms with E-state index in [1.807, 2.05) is 0 Å². The minimum Gasteiger partial charge on any atom is -0.301 e. The maximum absolute atomic E-state index is 11.3. The molecule has 5 nitrogen and oxygen atoms in total. The summed E-state index contributed by atoms with van der Waals surface area (Å²) in [6.07, 6.45) is 1.66. The number of aromatic nitrogens is 1. The van der Waals surface area contributed by atoms with E-state index < -0.39 is 4.92 Å². The summed E-state index contributed by atoms with van der Waals surface area (Å²) >= 11 is 7.02. The third kappa shape index (κ3) is 2.54. The van der Waals surface area contributed by atoms with Crippen molar-refractivity contribution in [1.29, 1.82) is 0 Å². The van der Waals surface area contributed by atoms with Gasteiger partial charge in [-0.3, -0.25) is 14.9 Å². The van der Waals surface area contributed by atoms with Crippen LogP contribution in [-0.4, -0.2) is 9.49 Å². The van der Waals surface area contributed by atoms with Crippen LogP contribution in [0.5, 0.6) is 0 Å². The highest BCUT2D eigenvalue weighted by Crippen LogP contribution is 2.22. The molecule has 0 fully saturated rings. The van der Waals surface area contributed by atoms with Gasteiger partial charge in [0.2, 0.25) is 0 Å². The van der Waals surface area contributed by atoms with Crippen molar-refractivity contribution in [3.8, 4) is 0 Å². The summed E-state index contributed by atoms with van der Waals surface area (Å²) < 4.78 is 1.50. The van der Waals surface area contributed by atoms with E-state index in [4.69, 9.17) is 11.6 Å². The highest BCUT2D eigenvalue weighted by Gasteiger charge is 2.10. The molecule has 0 radical (unpaired) electrons. The Hall–Kier alpha value is -1.66. The van der Waals surface area contributed by atoms with Crippen molar-refractivity contribution in [2.45, 2.75) is 6.54 Å². The molecule has 1 aromatic heterocycles. The van der Waals surface area contributed by atoms with Crippen molar-refractivity contribution in [1.82, 2.24) is 4.57 Å². The summed E-state index contributed by atoms with van der Waals surface area (Å²) in [6, 6.07) is 4.22. The Kier molecular flexibility index (Phi) is 3.26. The topological polar surface area (TPSA) is 65.1 Å². The van der Waals surface area contributed by atoms with Crippen molar-refractivity contribution in [2.24, 2.45) is 0 Å². The van der Waals surface area contributed by atoms with E-state index in [1.54, 1.807) is 17.6 Å². The van der Waals surface area contributed by atoms with Gasteiger partial charge in [0.1, 0.15) is 0 Å². The van der Waals surface area contributed by atoms with E-state index in [0.29, 0.717) is 12.1 Å². The van der Waals surface area contributed by atoms with Crippen LogP contribution < -0.4 is 4.87 Å². The number of halogens is 1. The zero-order chi connectivity index (χ0) is 12.4. The number of nitrogens with zero attached hydrogens (tertiary/aromatic N) is 2. The summed E-state index contributed by atoms with van der Waals surface area (Å²) in [5.74, 6) is 0. The lowest BCUT2D eigenvalue weighted by Crippen LogP contribution is -2.12. The molecule has 0 aliphatic rings. The lowest BCUT2D eigenvalue weighted by atomic mass is 10.2. The normalized spacial score (nSPS) is 10.4. The predicted octanol–water partition coefficient (Wildman–Crippen LogP) is 2.52. The molecule has 0 amide bonds. The maximum atomic E-state index is 11.3. The number of hydrogen-bond acceptors (Lipinski definition) is 4. The first kappa shape index (κ1) is 11.8. The van der Waals surface area contributed by atoms with Gasteiger partial charge in [-0.2, -0.15) is 0 Å². The van der Waals surface area contributed by atoms with Crippen molar-refractivity contribution in [3.05, 3.63) is 60.1 Å². The van der Waals surface area contributed by atoms with Gasteiger partial charge in [0.25, 0.3) is 5.69 Å². The molecule has 0 spiro atoms. The van der Waals surface area contributed by atoms with E-state index in [0.717, 1.165) is 11.3 Å². The minimum absolute atomic E-state index is 0.0589. The van der Waals surface area contributed by atoms with Crippen LogP contribution in [-0.2, 0) is 6.54 Å². The Bertz CT molecular complexity index is 620. The van der Waals surface area contributed by atoms with Gasteiger partial charge in [0.05, 0.1) is 16.5 Å². The molecule has 88 valence electrons. The molecule has 1 heterocycles. The van der Waals surface area contributed by atoms with Gasteiger partial charge in [0, 0.05) is 23.7 Å². The first-order chi connectivity index (χ1) is 8.08. The quantitative estimate of drug-likeness (QED) is 0.636. The van der Waals surface area contributed by atoms with Crippen LogP contribution in [0.1, 0.15) is 5.56 Å². The van der Waals surface area contributed by atoms with E-state index >= 15 is 0 Å². The van der Waals surface area contributed by atoms with Crippen molar-refractivity contribution < 1.29 is 4.92 Å². The first-order valence-electron chi connectivity index (χ1n) is 4.64. The second kappa shape index (κ2) is 4.68. The Morgan fingerprint density at radius 1 is 1.47 bits per heavy atom. The van der Waals surface area contributed by atoms with E-state index in [1.165, 1.54) is 16.7 Å². The molecule has 1 aromatic carbocycles. The Labute approximate surface area is 105 Å². The second-order valence-electron chi connectivity index (χ2n) is 3.33. The zero-order valence-corrected chi connectivity index (χ0v) is 10.1. The van der Waals surface area contributed by atoms with Gasteiger partial charge < -0.3 is 4.57 Å². The molecule has 0 N–H and O–H groups in total. The Morgan fingerprint density at radius 2 is 2.24 bits per heavy atom. The van der Waals surface area contributed by atoms with Crippen molar-refractivity contribution in [2.75, 3.05) is 0 Å². The standard InChI is InChI=1S/C10H7ClN2O3S/c11-9-5-8(13(15)16)2-1-7(9)6-12-3-4-17-10(12)14/h1-5H,6H2. The fraction of sp³-hybridized carbons (Fsp3) is 0.100. The fourth-order valence-corrected chi connectivity index (χ4v) is 2.19. The third-order valence-corrected chi connectivity index (χ3v) is 3.28. The summed E-state index contributed by atoms with van der Waals surface area (Å²) in [6.45, 7) is 0.319. The van der Waals surface area contributed by atoms with Crippen molar-refractivity contribution in [3.63, 3.8) is 0 Å². The summed E-state index contributed by atoms with van der Waals surface area (Å²) in [7, 11) is 0. The number of hydrogen-bond donors (Lipinski definition) is 0. The molecular weight excluding hydrogens is 264 g/mol. The molecule has 2 aromatic rings. The van der Waals surface area contributed by atoms with Gasteiger partial charge in [-0.1, -0.05) is 22.9 Å². The predicted molar refractivity (Wildman–Crippen MR) is 65.8 cm³/mol. The molecule has 0 bridgehead atoms. The number of non-ortho nitro benzene ring substituents is 1. The molecule has 0 unspecified atom stereocenters. The molecule has 0 saturated carbocycles. The second-order valence-corrected chi connectivity index (χ2v) is 4.59. The molecule has 7 heteroatoms. The third-order valence-electron chi connectivity index (χ3n) is 2.23. The van der Waals surface area contributed by atoms with Crippen molar-refractivity contribution >= 4 is 28.6 Å². The fourth-order valence-electron chi connectivity index (χ4n) is 1.37. The lowest BCUT2D eigenvalue weighted by molar-refractivity contribution is -0.384. The maximum Gasteiger partial charge on any atom is 0.307 e. The highest BCUT2D eigenvalue weighted by molar-refractivity contribution is 7.07. The molecule has 0 aliphatic carbocycles. The number of benzene rings is 1. The van der Waals surface area contributed by atoms with Gasteiger partial charge in [0.15, 0.2) is 0 Å². The van der Waals surface area contributed by atoms with Gasteiger partial charge in [-0.25, -0.2) is 0 Å². The number of nitro benzene ring substituents is 1. The van der Waals surface area contributed by atoms with Crippen LogP contribution in [0.15, 0.2) is 34.6 Å². The highest BCUT2D eigenvalue weighted by atomic mass is 35.5. The van der Waals surface area contributed by atoms with Crippen LogP contribution in [0, 0.1) is 10.1 Å². The van der Waals surface area contributed by atoms with Crippen LogP contribution in [0.4, 0.5) is 5.69 Å². The van der Waals surface area contributed by atoms with Crippen LogP contribution in [0.25, 0.3) is 0 Å². The summed E-state index contributed by atoms with van der Waals surface area (Å²) in [4.78, 5) is 21.3. The van der Waals surface area contributed by atoms with Gasteiger partial charge in [-0.05, 0) is 11.6 Å². The molecule has 0 atom stereocenters. The van der Waals surface area contributed by atoms with Crippen LogP contribution in [0.2, 0.25) is 5.02 Å². The van der Waals surface area contributed by atoms with E-state index in [9.17, 15) is 14.9 Å². The van der Waals surface area contributed by atoms with Crippen LogP contribution in [0.3, 0.4) is 0 Å². The summed E-state index contributed by atoms with van der Waals surface area (Å²) in [5, 5.41) is 12.5. The first-order valence-corrected chi connectivity index (χ1v) is 5.90. The monoisotopic (exact) mass is 270 g/mol. The van der Waals surface area contributed by atoms with Crippen LogP contribution >= 0.6 is 22.9 Å². The zero-order valence-electron chi connectivity index (χ0n) is 8.50. The number of nitro groups is 1. The molecule has 2 rings (SSSR count). The molecule has 0 saturated heterocycles. The Morgan fingerprint density at radius 3 is 2.76 bits per heavy atom. The number of thiazole rings is 1. The number of rotatable bonds is 3. The smallest absolute Gasteiger partial charge is 0.301 e. The minimum atomic E-state index is -0.508. The molecular formula is C10H7ClN2O3S. The average Bonchev–Trinajstić information content (AvgIpc) is 2.67. The molecule has 0 aliphatic heterocycles. The largest absolute Gasteiger partial charge is 0.307 e.